The van der Waals surface area contributed by atoms with Gasteiger partial charge in [-0.15, -0.1) is 0 Å². The number of carbonyl (C=O) groups excluding carboxylic acids is 1. The Balaban J connectivity index is 1.35. The molecule has 3 saturated heterocycles. The van der Waals surface area contributed by atoms with Crippen LogP contribution in [0.25, 0.3) is 0 Å². The number of hydrogen-bond acceptors (Lipinski definition) is 3. The number of nitrogens with zero attached hydrogens (tertiary/aromatic N) is 2. The second kappa shape index (κ2) is 9.09. The quantitative estimate of drug-likeness (QED) is 0.675. The van der Waals surface area contributed by atoms with E-state index in [1.54, 1.807) is 12.7 Å². The van der Waals surface area contributed by atoms with Gasteiger partial charge in [-0.1, -0.05) is 44.1 Å². The number of amides is 2. The van der Waals surface area contributed by atoms with Gasteiger partial charge < -0.3 is 15.0 Å². The molecule has 0 aromatic heterocycles. The number of ether oxygens (including phenoxy) is 1. The molecule has 174 valence electrons. The number of rotatable bonds is 4. The van der Waals surface area contributed by atoms with E-state index in [1.807, 2.05) is 12.1 Å². The van der Waals surface area contributed by atoms with Crippen molar-refractivity contribution < 1.29 is 9.53 Å². The summed E-state index contributed by atoms with van der Waals surface area (Å²) in [4.78, 5) is 18.6. The van der Waals surface area contributed by atoms with Crippen molar-refractivity contribution in [2.45, 2.75) is 70.5 Å². The van der Waals surface area contributed by atoms with E-state index in [9.17, 15) is 4.79 Å². The molecule has 5 heteroatoms. The van der Waals surface area contributed by atoms with Crippen LogP contribution < -0.4 is 10.1 Å². The van der Waals surface area contributed by atoms with E-state index in [-0.39, 0.29) is 18.1 Å². The molecule has 2 amide bonds. The van der Waals surface area contributed by atoms with E-state index in [0.29, 0.717) is 17.8 Å². The Morgan fingerprint density at radius 1 is 1.12 bits per heavy atom. The summed E-state index contributed by atoms with van der Waals surface area (Å²) in [5, 5.41) is 3.41. The van der Waals surface area contributed by atoms with Gasteiger partial charge in [-0.05, 0) is 74.1 Å². The van der Waals surface area contributed by atoms with Crippen LogP contribution >= 0.6 is 0 Å². The molecule has 0 saturated carbocycles. The third kappa shape index (κ3) is 4.05. The summed E-state index contributed by atoms with van der Waals surface area (Å²) >= 11 is 0. The summed E-state index contributed by atoms with van der Waals surface area (Å²) in [6, 6.07) is 9.26. The van der Waals surface area contributed by atoms with Crippen LogP contribution in [0.2, 0.25) is 0 Å². The summed E-state index contributed by atoms with van der Waals surface area (Å²) in [6.07, 6.45) is 10.2. The smallest absolute Gasteiger partial charge is 0.318 e. The van der Waals surface area contributed by atoms with Crippen molar-refractivity contribution in [1.82, 2.24) is 15.1 Å². The second-order valence-electron chi connectivity index (χ2n) is 10.6. The van der Waals surface area contributed by atoms with E-state index in [2.05, 4.69) is 47.2 Å². The summed E-state index contributed by atoms with van der Waals surface area (Å²) < 4.78 is 5.32. The van der Waals surface area contributed by atoms with Crippen LogP contribution in [0.1, 0.15) is 64.0 Å². The Kier molecular flexibility index (Phi) is 6.20. The van der Waals surface area contributed by atoms with Crippen molar-refractivity contribution in [2.24, 2.45) is 17.8 Å². The molecular weight excluding hydrogens is 398 g/mol. The molecule has 1 aliphatic carbocycles. The van der Waals surface area contributed by atoms with E-state index < -0.39 is 0 Å². The van der Waals surface area contributed by atoms with Crippen molar-refractivity contribution >= 4 is 6.03 Å². The average Bonchev–Trinajstić information content (AvgIpc) is 2.82. The van der Waals surface area contributed by atoms with Gasteiger partial charge in [0.05, 0.1) is 19.2 Å². The maximum Gasteiger partial charge on any atom is 0.318 e. The standard InChI is InChI=1S/C27H39N3O2/c1-18(2)25(19-9-11-23(32-3)12-10-19)28-27(31)30-14-6-7-20-15-21-16-22(26(20)30)17-29-13-5-4-8-24(21)29/h9-12,15,18,21-22,24-26H,4-8,13-14,16-17H2,1-3H3,(H,28,31). The van der Waals surface area contributed by atoms with Crippen molar-refractivity contribution in [2.75, 3.05) is 26.7 Å². The fourth-order valence-corrected chi connectivity index (χ4v) is 6.86. The summed E-state index contributed by atoms with van der Waals surface area (Å²) in [5.74, 6) is 2.44. The molecule has 1 aromatic rings. The molecule has 3 aliphatic heterocycles. The highest BCUT2D eigenvalue weighted by Crippen LogP contribution is 2.45. The number of urea groups is 1. The normalized spacial score (nSPS) is 30.8. The lowest BCUT2D eigenvalue weighted by molar-refractivity contribution is 0.00753. The molecular formula is C27H39N3O2. The van der Waals surface area contributed by atoms with Gasteiger partial charge in [0.2, 0.25) is 0 Å². The molecule has 5 nitrogen and oxygen atoms in total. The van der Waals surface area contributed by atoms with Crippen LogP contribution in [-0.2, 0) is 0 Å². The summed E-state index contributed by atoms with van der Waals surface area (Å²) in [5.41, 5.74) is 2.68. The molecule has 0 radical (unpaired) electrons. The first-order chi connectivity index (χ1) is 15.5. The molecule has 32 heavy (non-hydrogen) atoms. The third-order valence-electron chi connectivity index (χ3n) is 8.34. The van der Waals surface area contributed by atoms with Gasteiger partial charge in [-0.25, -0.2) is 4.79 Å². The molecule has 1 aromatic carbocycles. The number of piperidine rings is 3. The molecule has 0 spiro atoms. The maximum atomic E-state index is 13.7. The molecule has 3 heterocycles. The molecule has 5 rings (SSSR count). The first-order valence-electron chi connectivity index (χ1n) is 12.7. The van der Waals surface area contributed by atoms with Gasteiger partial charge in [-0.2, -0.15) is 0 Å². The lowest BCUT2D eigenvalue weighted by Gasteiger charge is -2.54. The number of methoxy groups -OCH3 is 1. The highest BCUT2D eigenvalue weighted by molar-refractivity contribution is 5.76. The van der Waals surface area contributed by atoms with Gasteiger partial charge >= 0.3 is 6.03 Å². The molecule has 5 unspecified atom stereocenters. The Morgan fingerprint density at radius 3 is 2.69 bits per heavy atom. The van der Waals surface area contributed by atoms with Crippen molar-refractivity contribution in [1.29, 1.82) is 0 Å². The predicted molar refractivity (Wildman–Crippen MR) is 128 cm³/mol. The minimum Gasteiger partial charge on any atom is -0.497 e. The Morgan fingerprint density at radius 2 is 1.94 bits per heavy atom. The van der Waals surface area contributed by atoms with Crippen molar-refractivity contribution in [3.63, 3.8) is 0 Å². The first kappa shape index (κ1) is 21.8. The van der Waals surface area contributed by atoms with Crippen LogP contribution in [-0.4, -0.2) is 54.7 Å². The van der Waals surface area contributed by atoms with Crippen LogP contribution in [0.4, 0.5) is 4.79 Å². The lowest BCUT2D eigenvalue weighted by Crippen LogP contribution is -2.61. The zero-order valence-electron chi connectivity index (χ0n) is 19.9. The monoisotopic (exact) mass is 437 g/mol. The molecule has 1 N–H and O–H groups in total. The second-order valence-corrected chi connectivity index (χ2v) is 10.6. The lowest BCUT2D eigenvalue weighted by atomic mass is 9.68. The van der Waals surface area contributed by atoms with Gasteiger partial charge in [0.15, 0.2) is 0 Å². The zero-order valence-corrected chi connectivity index (χ0v) is 19.9. The Bertz CT molecular complexity index is 849. The van der Waals surface area contributed by atoms with Crippen LogP contribution in [0.15, 0.2) is 35.9 Å². The minimum atomic E-state index is -0.00284. The summed E-state index contributed by atoms with van der Waals surface area (Å²) in [7, 11) is 1.68. The largest absolute Gasteiger partial charge is 0.497 e. The number of nitrogens with one attached hydrogen (secondary N) is 1. The number of carbonyl (C=O) groups is 1. The van der Waals surface area contributed by atoms with E-state index in [4.69, 9.17) is 4.74 Å². The van der Waals surface area contributed by atoms with Gasteiger partial charge in [0.25, 0.3) is 0 Å². The highest BCUT2D eigenvalue weighted by Gasteiger charge is 2.47. The van der Waals surface area contributed by atoms with Crippen LogP contribution in [0.3, 0.4) is 0 Å². The molecule has 2 bridgehead atoms. The first-order valence-corrected chi connectivity index (χ1v) is 12.7. The van der Waals surface area contributed by atoms with Crippen molar-refractivity contribution in [3.05, 3.63) is 41.5 Å². The Hall–Kier alpha value is -2.01. The SMILES string of the molecule is COc1ccc(C(NC(=O)N2CCCC3=CC4CC(CN5CCCCC45)C32)C(C)C)cc1. The molecule has 4 aliphatic rings. The topological polar surface area (TPSA) is 44.8 Å². The highest BCUT2D eigenvalue weighted by atomic mass is 16.5. The van der Waals surface area contributed by atoms with Crippen LogP contribution in [0.5, 0.6) is 5.75 Å². The fourth-order valence-electron chi connectivity index (χ4n) is 6.86. The van der Waals surface area contributed by atoms with Gasteiger partial charge in [-0.3, -0.25) is 4.90 Å². The summed E-state index contributed by atoms with van der Waals surface area (Å²) in [6.45, 7) is 7.64. The fraction of sp³-hybridized carbons (Fsp3) is 0.667. The maximum absolute atomic E-state index is 13.7. The number of benzene rings is 1. The number of fused-ring (bicyclic) bond motifs is 6. The predicted octanol–water partition coefficient (Wildman–Crippen LogP) is 5.00. The van der Waals surface area contributed by atoms with Gasteiger partial charge in [0, 0.05) is 19.1 Å². The van der Waals surface area contributed by atoms with E-state index in [1.165, 1.54) is 45.2 Å². The number of hydrogen-bond donors (Lipinski definition) is 1. The minimum absolute atomic E-state index is 0.00284. The Labute approximate surface area is 193 Å². The average molecular weight is 438 g/mol. The number of likely N-dealkylation sites (tertiary alicyclic amines) is 1. The molecule has 3 fully saturated rings. The van der Waals surface area contributed by atoms with E-state index in [0.717, 1.165) is 30.3 Å². The zero-order chi connectivity index (χ0) is 22.2. The van der Waals surface area contributed by atoms with Crippen molar-refractivity contribution in [3.8, 4) is 5.75 Å². The third-order valence-corrected chi connectivity index (χ3v) is 8.34. The molecule has 5 atom stereocenters. The van der Waals surface area contributed by atoms with E-state index >= 15 is 0 Å². The van der Waals surface area contributed by atoms with Crippen LogP contribution in [0, 0.1) is 17.8 Å². The van der Waals surface area contributed by atoms with Gasteiger partial charge in [0.1, 0.15) is 5.75 Å².